The molecule has 0 aliphatic rings. The zero-order chi connectivity index (χ0) is 13.2. The molecule has 0 atom stereocenters. The summed E-state index contributed by atoms with van der Waals surface area (Å²) in [5.41, 5.74) is 6.01. The lowest BCUT2D eigenvalue weighted by Gasteiger charge is -2.02. The van der Waals surface area contributed by atoms with Crippen LogP contribution in [0.1, 0.15) is 11.1 Å². The van der Waals surface area contributed by atoms with Crippen LogP contribution in [0.4, 0.5) is 0 Å². The molecule has 1 heterocycles. The first kappa shape index (κ1) is 11.7. The van der Waals surface area contributed by atoms with E-state index in [0.29, 0.717) is 0 Å². The summed E-state index contributed by atoms with van der Waals surface area (Å²) in [6, 6.07) is 16.8. The molecule has 19 heavy (non-hydrogen) atoms. The first-order chi connectivity index (χ1) is 9.24. The third kappa shape index (κ3) is 2.29. The van der Waals surface area contributed by atoms with Gasteiger partial charge in [-0.1, -0.05) is 42.0 Å². The highest BCUT2D eigenvalue weighted by Crippen LogP contribution is 2.23. The molecule has 0 fully saturated rings. The molecule has 0 amide bonds. The van der Waals surface area contributed by atoms with Gasteiger partial charge in [0.2, 0.25) is 0 Å². The van der Waals surface area contributed by atoms with Crippen molar-refractivity contribution in [2.24, 2.45) is 0 Å². The van der Waals surface area contributed by atoms with Gasteiger partial charge in [-0.25, -0.2) is 4.68 Å². The van der Waals surface area contributed by atoms with Gasteiger partial charge < -0.3 is 0 Å². The molecule has 2 nitrogen and oxygen atoms in total. The van der Waals surface area contributed by atoms with Crippen molar-refractivity contribution < 1.29 is 0 Å². The number of hydrogen-bond acceptors (Lipinski definition) is 1. The van der Waals surface area contributed by atoms with Gasteiger partial charge in [-0.05, 0) is 37.1 Å². The van der Waals surface area contributed by atoms with E-state index < -0.39 is 0 Å². The lowest BCUT2D eigenvalue weighted by Crippen LogP contribution is -1.93. The Labute approximate surface area is 113 Å². The largest absolute Gasteiger partial charge is 0.240 e. The van der Waals surface area contributed by atoms with Crippen LogP contribution in [-0.2, 0) is 0 Å². The van der Waals surface area contributed by atoms with Gasteiger partial charge in [0.1, 0.15) is 0 Å². The van der Waals surface area contributed by atoms with E-state index in [2.05, 4.69) is 73.7 Å². The van der Waals surface area contributed by atoms with Crippen molar-refractivity contribution in [1.29, 1.82) is 0 Å². The summed E-state index contributed by atoms with van der Waals surface area (Å²) >= 11 is 0. The normalized spacial score (nSPS) is 10.6. The minimum atomic E-state index is 1.09. The number of aromatic nitrogens is 2. The molecule has 0 saturated carbocycles. The van der Waals surface area contributed by atoms with Crippen molar-refractivity contribution in [3.05, 3.63) is 72.1 Å². The highest BCUT2D eigenvalue weighted by atomic mass is 15.3. The molecule has 0 spiro atoms. The predicted octanol–water partition coefficient (Wildman–Crippen LogP) is 4.16. The Bertz CT molecular complexity index is 693. The maximum atomic E-state index is 4.45. The van der Waals surface area contributed by atoms with Crippen molar-refractivity contribution in [2.75, 3.05) is 0 Å². The Morgan fingerprint density at radius 3 is 2.37 bits per heavy atom. The Morgan fingerprint density at radius 2 is 1.63 bits per heavy atom. The maximum Gasteiger partial charge on any atom is 0.0645 e. The van der Waals surface area contributed by atoms with Crippen LogP contribution in [0.15, 0.2) is 60.9 Å². The van der Waals surface area contributed by atoms with Crippen LogP contribution < -0.4 is 0 Å². The molecule has 2 aromatic carbocycles. The Kier molecular flexibility index (Phi) is 2.92. The molecule has 0 N–H and O–H groups in total. The summed E-state index contributed by atoms with van der Waals surface area (Å²) in [4.78, 5) is 0. The Balaban J connectivity index is 2.00. The third-order valence-electron chi connectivity index (χ3n) is 3.34. The standard InChI is InChI=1S/C17H16N2/c1-13-7-9-16(10-8-13)19-12-15(11-18-19)17-6-4-3-5-14(17)2/h3-12H,1-2H3. The Morgan fingerprint density at radius 1 is 0.895 bits per heavy atom. The number of rotatable bonds is 2. The smallest absolute Gasteiger partial charge is 0.0645 e. The summed E-state index contributed by atoms with van der Waals surface area (Å²) in [5.74, 6) is 0. The molecule has 0 unspecified atom stereocenters. The predicted molar refractivity (Wildman–Crippen MR) is 78.5 cm³/mol. The van der Waals surface area contributed by atoms with Gasteiger partial charge >= 0.3 is 0 Å². The van der Waals surface area contributed by atoms with E-state index in [9.17, 15) is 0 Å². The van der Waals surface area contributed by atoms with E-state index in [1.165, 1.54) is 16.7 Å². The van der Waals surface area contributed by atoms with Crippen LogP contribution in [-0.4, -0.2) is 9.78 Å². The first-order valence-electron chi connectivity index (χ1n) is 6.42. The third-order valence-corrected chi connectivity index (χ3v) is 3.34. The molecule has 0 aliphatic heterocycles. The zero-order valence-corrected chi connectivity index (χ0v) is 11.2. The van der Waals surface area contributed by atoms with E-state index in [0.717, 1.165) is 11.3 Å². The van der Waals surface area contributed by atoms with E-state index in [4.69, 9.17) is 0 Å². The van der Waals surface area contributed by atoms with Crippen molar-refractivity contribution >= 4 is 0 Å². The highest BCUT2D eigenvalue weighted by Gasteiger charge is 2.05. The van der Waals surface area contributed by atoms with Crippen molar-refractivity contribution in [2.45, 2.75) is 13.8 Å². The molecule has 0 aliphatic carbocycles. The molecule has 0 bridgehead atoms. The molecule has 0 radical (unpaired) electrons. The van der Waals surface area contributed by atoms with Crippen LogP contribution in [0.25, 0.3) is 16.8 Å². The molecular formula is C17H16N2. The minimum Gasteiger partial charge on any atom is -0.240 e. The fourth-order valence-corrected chi connectivity index (χ4v) is 2.20. The van der Waals surface area contributed by atoms with Gasteiger partial charge in [-0.15, -0.1) is 0 Å². The molecule has 94 valence electrons. The Hall–Kier alpha value is -2.35. The minimum absolute atomic E-state index is 1.09. The summed E-state index contributed by atoms with van der Waals surface area (Å²) in [7, 11) is 0. The first-order valence-corrected chi connectivity index (χ1v) is 6.42. The van der Waals surface area contributed by atoms with Gasteiger partial charge in [-0.3, -0.25) is 0 Å². The second-order valence-corrected chi connectivity index (χ2v) is 4.82. The summed E-state index contributed by atoms with van der Waals surface area (Å²) in [6.07, 6.45) is 4.00. The molecular weight excluding hydrogens is 232 g/mol. The number of aryl methyl sites for hydroxylation is 2. The average molecular weight is 248 g/mol. The number of benzene rings is 2. The van der Waals surface area contributed by atoms with Gasteiger partial charge in [0.15, 0.2) is 0 Å². The van der Waals surface area contributed by atoms with Gasteiger partial charge in [0.05, 0.1) is 11.9 Å². The highest BCUT2D eigenvalue weighted by molar-refractivity contribution is 5.66. The van der Waals surface area contributed by atoms with E-state index in [1.54, 1.807) is 0 Å². The fourth-order valence-electron chi connectivity index (χ4n) is 2.20. The van der Waals surface area contributed by atoms with Gasteiger partial charge in [0.25, 0.3) is 0 Å². The van der Waals surface area contributed by atoms with Crippen molar-refractivity contribution in [1.82, 2.24) is 9.78 Å². The zero-order valence-electron chi connectivity index (χ0n) is 11.2. The van der Waals surface area contributed by atoms with Crippen molar-refractivity contribution in [3.8, 4) is 16.8 Å². The topological polar surface area (TPSA) is 17.8 Å². The van der Waals surface area contributed by atoms with Crippen LogP contribution >= 0.6 is 0 Å². The second kappa shape index (κ2) is 4.73. The monoisotopic (exact) mass is 248 g/mol. The summed E-state index contributed by atoms with van der Waals surface area (Å²) < 4.78 is 1.92. The molecule has 3 rings (SSSR count). The van der Waals surface area contributed by atoms with Crippen LogP contribution in [0.2, 0.25) is 0 Å². The molecule has 1 aromatic heterocycles. The van der Waals surface area contributed by atoms with Crippen LogP contribution in [0.5, 0.6) is 0 Å². The lowest BCUT2D eigenvalue weighted by molar-refractivity contribution is 0.880. The van der Waals surface area contributed by atoms with Gasteiger partial charge in [-0.2, -0.15) is 5.10 Å². The SMILES string of the molecule is Cc1ccc(-n2cc(-c3ccccc3C)cn2)cc1. The average Bonchev–Trinajstić information content (AvgIpc) is 2.89. The van der Waals surface area contributed by atoms with E-state index in [-0.39, 0.29) is 0 Å². The quantitative estimate of drug-likeness (QED) is 0.666. The van der Waals surface area contributed by atoms with E-state index in [1.807, 2.05) is 10.9 Å². The fraction of sp³-hybridized carbons (Fsp3) is 0.118. The number of hydrogen-bond donors (Lipinski definition) is 0. The molecule has 3 aromatic rings. The molecule has 2 heteroatoms. The number of nitrogens with zero attached hydrogens (tertiary/aromatic N) is 2. The van der Waals surface area contributed by atoms with Crippen molar-refractivity contribution in [3.63, 3.8) is 0 Å². The van der Waals surface area contributed by atoms with Gasteiger partial charge in [0, 0.05) is 11.8 Å². The second-order valence-electron chi connectivity index (χ2n) is 4.82. The summed E-state index contributed by atoms with van der Waals surface area (Å²) in [5, 5.41) is 4.45. The van der Waals surface area contributed by atoms with Crippen LogP contribution in [0.3, 0.4) is 0 Å². The van der Waals surface area contributed by atoms with E-state index >= 15 is 0 Å². The lowest BCUT2D eigenvalue weighted by atomic mass is 10.0. The van der Waals surface area contributed by atoms with Crippen LogP contribution in [0, 0.1) is 13.8 Å². The molecule has 0 saturated heterocycles. The summed E-state index contributed by atoms with van der Waals surface area (Å²) in [6.45, 7) is 4.21. The maximum absolute atomic E-state index is 4.45.